The van der Waals surface area contributed by atoms with Crippen molar-refractivity contribution in [1.82, 2.24) is 9.47 Å². The van der Waals surface area contributed by atoms with Gasteiger partial charge in [0.15, 0.2) is 0 Å². The molecular formula is C20H23N4O+. The molecule has 2 aromatic rings. The quantitative estimate of drug-likeness (QED) is 0.825. The fourth-order valence-corrected chi connectivity index (χ4v) is 3.57. The van der Waals surface area contributed by atoms with Crippen LogP contribution in [0.1, 0.15) is 23.1 Å². The molecule has 0 fully saturated rings. The Morgan fingerprint density at radius 3 is 2.56 bits per heavy atom. The van der Waals surface area contributed by atoms with E-state index in [1.807, 2.05) is 12.3 Å². The Labute approximate surface area is 148 Å². The highest BCUT2D eigenvalue weighted by molar-refractivity contribution is 6.07. The van der Waals surface area contributed by atoms with Crippen LogP contribution in [-0.4, -0.2) is 23.3 Å². The molecule has 1 amide bonds. The molecule has 1 aromatic heterocycles. The summed E-state index contributed by atoms with van der Waals surface area (Å²) in [6.45, 7) is 4.96. The molecule has 0 bridgehead atoms. The number of nitrogens with zero attached hydrogens (tertiary/aromatic N) is 3. The molecule has 0 saturated carbocycles. The summed E-state index contributed by atoms with van der Waals surface area (Å²) in [5.41, 5.74) is 10.2. The van der Waals surface area contributed by atoms with Gasteiger partial charge in [0, 0.05) is 29.9 Å². The van der Waals surface area contributed by atoms with Gasteiger partial charge in [-0.1, -0.05) is 24.3 Å². The number of nitrogens with two attached hydrogens (primary N) is 1. The minimum absolute atomic E-state index is 0.147. The number of pyridine rings is 1. The molecule has 1 unspecified atom stereocenters. The average molecular weight is 335 g/mol. The number of aryl methyl sites for hydroxylation is 2. The number of benzene rings is 1. The van der Waals surface area contributed by atoms with Gasteiger partial charge in [-0.2, -0.15) is 0 Å². The zero-order valence-corrected chi connectivity index (χ0v) is 14.6. The fraction of sp³-hybridized carbons (Fsp3) is 0.250. The van der Waals surface area contributed by atoms with Crippen LogP contribution in [0, 0.1) is 13.8 Å². The van der Waals surface area contributed by atoms with E-state index in [4.69, 9.17) is 5.73 Å². The number of hydrogen-bond acceptors (Lipinski definition) is 3. The third kappa shape index (κ3) is 3.37. The summed E-state index contributed by atoms with van der Waals surface area (Å²) in [7, 11) is 0. The normalized spacial score (nSPS) is 19.0. The molecule has 1 aliphatic heterocycles. The van der Waals surface area contributed by atoms with Gasteiger partial charge in [-0.3, -0.25) is 9.78 Å². The molecule has 25 heavy (non-hydrogen) atoms. The number of hydrogen-bond donors (Lipinski definition) is 1. The van der Waals surface area contributed by atoms with E-state index >= 15 is 0 Å². The Balaban J connectivity index is 2.04. The molecule has 3 rings (SSSR count). The summed E-state index contributed by atoms with van der Waals surface area (Å²) in [6.07, 6.45) is 8.47. The summed E-state index contributed by atoms with van der Waals surface area (Å²) in [6, 6.07) is 10.3. The standard InChI is InChI=1S/C20H22N4O/c1-15-5-3-6-16(2)20(15)24(11-8-17-7-4-9-22-14-17)12-10-23-19(24)13-18(21)25/h3-7,9-10,12,14H,8,11,13H2,1-2H3,(H-,21,25)/p+1. The molecule has 0 saturated heterocycles. The lowest BCUT2D eigenvalue weighted by atomic mass is 10.0. The molecule has 2 N–H and O–H groups in total. The van der Waals surface area contributed by atoms with Gasteiger partial charge in [-0.25, -0.2) is 9.48 Å². The Hall–Kier alpha value is -2.79. The molecule has 0 radical (unpaired) electrons. The van der Waals surface area contributed by atoms with E-state index in [-0.39, 0.29) is 12.3 Å². The van der Waals surface area contributed by atoms with Crippen LogP contribution in [0.5, 0.6) is 0 Å². The summed E-state index contributed by atoms with van der Waals surface area (Å²) in [4.78, 5) is 20.3. The van der Waals surface area contributed by atoms with E-state index in [0.717, 1.165) is 24.4 Å². The van der Waals surface area contributed by atoms with Gasteiger partial charge in [0.25, 0.3) is 0 Å². The Morgan fingerprint density at radius 2 is 1.92 bits per heavy atom. The van der Waals surface area contributed by atoms with Crippen LogP contribution in [0.3, 0.4) is 0 Å². The van der Waals surface area contributed by atoms with Crippen molar-refractivity contribution in [2.75, 3.05) is 6.54 Å². The van der Waals surface area contributed by atoms with Crippen molar-refractivity contribution in [3.63, 3.8) is 0 Å². The topological polar surface area (TPSA) is 68.3 Å². The van der Waals surface area contributed by atoms with Crippen LogP contribution in [-0.2, 0) is 11.2 Å². The van der Waals surface area contributed by atoms with Crippen LogP contribution < -0.4 is 10.2 Å². The van der Waals surface area contributed by atoms with Crippen molar-refractivity contribution < 1.29 is 4.79 Å². The Bertz CT molecular complexity index is 822. The van der Waals surface area contributed by atoms with Gasteiger partial charge in [0.05, 0.1) is 12.7 Å². The van der Waals surface area contributed by atoms with Crippen LogP contribution >= 0.6 is 0 Å². The first-order valence-corrected chi connectivity index (χ1v) is 8.39. The molecule has 0 spiro atoms. The highest BCUT2D eigenvalue weighted by atomic mass is 16.1. The first-order valence-electron chi connectivity index (χ1n) is 8.39. The Morgan fingerprint density at radius 1 is 1.16 bits per heavy atom. The van der Waals surface area contributed by atoms with Crippen molar-refractivity contribution in [3.05, 3.63) is 71.8 Å². The number of aromatic nitrogens is 1. The predicted octanol–water partition coefficient (Wildman–Crippen LogP) is 3.01. The van der Waals surface area contributed by atoms with Crippen molar-refractivity contribution in [3.8, 4) is 0 Å². The molecule has 128 valence electrons. The van der Waals surface area contributed by atoms with Crippen LogP contribution in [0.15, 0.2) is 60.1 Å². The first kappa shape index (κ1) is 17.0. The number of amidine groups is 1. The van der Waals surface area contributed by atoms with Crippen LogP contribution in [0.25, 0.3) is 0 Å². The van der Waals surface area contributed by atoms with Crippen LogP contribution in [0.2, 0.25) is 0 Å². The molecule has 5 heteroatoms. The zero-order valence-electron chi connectivity index (χ0n) is 14.6. The lowest BCUT2D eigenvalue weighted by molar-refractivity contribution is -0.116. The number of amides is 1. The van der Waals surface area contributed by atoms with Crippen molar-refractivity contribution >= 4 is 17.4 Å². The summed E-state index contributed by atoms with van der Waals surface area (Å²) in [5, 5.41) is 0. The monoisotopic (exact) mass is 335 g/mol. The van der Waals surface area contributed by atoms with Gasteiger partial charge in [-0.15, -0.1) is 0 Å². The lowest BCUT2D eigenvalue weighted by Gasteiger charge is -2.34. The number of rotatable bonds is 6. The molecular weight excluding hydrogens is 312 g/mol. The van der Waals surface area contributed by atoms with E-state index < -0.39 is 0 Å². The largest absolute Gasteiger partial charge is 0.369 e. The lowest BCUT2D eigenvalue weighted by Crippen LogP contribution is -2.51. The average Bonchev–Trinajstić information content (AvgIpc) is 2.96. The highest BCUT2D eigenvalue weighted by Crippen LogP contribution is 2.35. The van der Waals surface area contributed by atoms with Gasteiger partial charge < -0.3 is 5.73 Å². The molecule has 1 aromatic carbocycles. The fourth-order valence-electron chi connectivity index (χ4n) is 3.57. The Kier molecular flexibility index (Phi) is 4.76. The van der Waals surface area contributed by atoms with Crippen molar-refractivity contribution in [2.24, 2.45) is 10.7 Å². The minimum atomic E-state index is -0.363. The van der Waals surface area contributed by atoms with E-state index in [1.54, 1.807) is 12.4 Å². The van der Waals surface area contributed by atoms with E-state index in [2.05, 4.69) is 54.3 Å². The van der Waals surface area contributed by atoms with Gasteiger partial charge in [-0.05, 0) is 25.5 Å². The van der Waals surface area contributed by atoms with Gasteiger partial charge >= 0.3 is 0 Å². The van der Waals surface area contributed by atoms with Crippen molar-refractivity contribution in [1.29, 1.82) is 0 Å². The third-order valence-electron chi connectivity index (χ3n) is 4.65. The summed E-state index contributed by atoms with van der Waals surface area (Å²) >= 11 is 0. The number of quaternary nitrogens is 1. The zero-order chi connectivity index (χ0) is 17.9. The SMILES string of the molecule is Cc1cccc(C)c1[N+]1(CCc2cccnc2)C=CN=C1CC(N)=O. The molecule has 2 heterocycles. The van der Waals surface area contributed by atoms with Gasteiger partial charge in [0.2, 0.25) is 11.7 Å². The number of carbonyl (C=O) groups is 1. The third-order valence-corrected chi connectivity index (χ3v) is 4.65. The second-order valence-corrected chi connectivity index (χ2v) is 6.43. The number of para-hydroxylation sites is 1. The maximum absolute atomic E-state index is 11.6. The maximum atomic E-state index is 11.6. The highest BCUT2D eigenvalue weighted by Gasteiger charge is 2.40. The smallest absolute Gasteiger partial charge is 0.229 e. The number of carbonyl (C=O) groups excluding carboxylic acids is 1. The second-order valence-electron chi connectivity index (χ2n) is 6.43. The first-order chi connectivity index (χ1) is 12.0. The molecule has 1 aliphatic rings. The van der Waals surface area contributed by atoms with Crippen molar-refractivity contribution in [2.45, 2.75) is 26.7 Å². The summed E-state index contributed by atoms with van der Waals surface area (Å²) < 4.78 is 0.441. The maximum Gasteiger partial charge on any atom is 0.229 e. The van der Waals surface area contributed by atoms with E-state index in [9.17, 15) is 4.79 Å². The van der Waals surface area contributed by atoms with E-state index in [0.29, 0.717) is 4.48 Å². The second kappa shape index (κ2) is 6.99. The van der Waals surface area contributed by atoms with Crippen LogP contribution in [0.4, 0.5) is 5.69 Å². The van der Waals surface area contributed by atoms with Gasteiger partial charge in [0.1, 0.15) is 18.3 Å². The minimum Gasteiger partial charge on any atom is -0.369 e. The predicted molar refractivity (Wildman–Crippen MR) is 101 cm³/mol. The molecule has 0 aliphatic carbocycles. The molecule has 5 nitrogen and oxygen atoms in total. The number of primary amides is 1. The molecule has 1 atom stereocenters. The van der Waals surface area contributed by atoms with E-state index in [1.165, 1.54) is 16.8 Å². The summed E-state index contributed by atoms with van der Waals surface area (Å²) in [5.74, 6) is 0.409. The number of aliphatic imine (C=N–C) groups is 1.